The van der Waals surface area contributed by atoms with Crippen LogP contribution in [-0.2, 0) is 19.6 Å². The smallest absolute Gasteiger partial charge is 0.313 e. The summed E-state index contributed by atoms with van der Waals surface area (Å²) in [6, 6.07) is 10.5. The van der Waals surface area contributed by atoms with Crippen molar-refractivity contribution in [2.24, 2.45) is 0 Å². The first-order chi connectivity index (χ1) is 14.6. The van der Waals surface area contributed by atoms with E-state index in [-0.39, 0.29) is 12.6 Å². The average molecular weight is 444 g/mol. The number of benzene rings is 2. The molecule has 0 unspecified atom stereocenters. The molecule has 7 nitrogen and oxygen atoms in total. The van der Waals surface area contributed by atoms with E-state index < -0.39 is 21.8 Å². The summed E-state index contributed by atoms with van der Waals surface area (Å²) in [6.07, 6.45) is 1.34. The molecule has 0 saturated carbocycles. The van der Waals surface area contributed by atoms with Crippen LogP contribution in [0.25, 0.3) is 0 Å². The normalized spacial score (nSPS) is 16.8. The van der Waals surface area contributed by atoms with Crippen LogP contribution in [0.5, 0.6) is 0 Å². The molecule has 0 aliphatic carbocycles. The Labute approximate surface area is 183 Å². The Morgan fingerprint density at radius 1 is 0.968 bits per heavy atom. The Morgan fingerprint density at radius 3 is 2.32 bits per heavy atom. The lowest BCUT2D eigenvalue weighted by atomic mass is 10.1. The molecule has 0 spiro atoms. The number of hydrogen-bond donors (Lipinski definition) is 2. The van der Waals surface area contributed by atoms with Gasteiger partial charge in [0.15, 0.2) is 0 Å². The summed E-state index contributed by atoms with van der Waals surface area (Å²) in [7, 11) is -3.69. The van der Waals surface area contributed by atoms with Gasteiger partial charge in [-0.25, -0.2) is 8.42 Å². The van der Waals surface area contributed by atoms with Crippen LogP contribution in [0.1, 0.15) is 35.1 Å². The second-order valence-electron chi connectivity index (χ2n) is 8.22. The zero-order valence-corrected chi connectivity index (χ0v) is 19.2. The van der Waals surface area contributed by atoms with Crippen LogP contribution in [-0.4, -0.2) is 43.7 Å². The maximum Gasteiger partial charge on any atom is 0.313 e. The van der Waals surface area contributed by atoms with Crippen LogP contribution in [0, 0.1) is 27.7 Å². The van der Waals surface area contributed by atoms with E-state index in [2.05, 4.69) is 10.6 Å². The van der Waals surface area contributed by atoms with E-state index in [1.807, 2.05) is 32.9 Å². The highest BCUT2D eigenvalue weighted by molar-refractivity contribution is 7.89. The van der Waals surface area contributed by atoms with Crippen molar-refractivity contribution in [2.75, 3.05) is 18.4 Å². The number of nitrogens with zero attached hydrogens (tertiary/aromatic N) is 1. The fourth-order valence-electron chi connectivity index (χ4n) is 3.97. The third-order valence-corrected chi connectivity index (χ3v) is 7.53. The molecule has 166 valence electrons. The van der Waals surface area contributed by atoms with E-state index in [4.69, 9.17) is 0 Å². The molecule has 1 heterocycles. The van der Waals surface area contributed by atoms with Gasteiger partial charge in [0.25, 0.3) is 0 Å². The number of sulfonamides is 1. The first-order valence-corrected chi connectivity index (χ1v) is 11.8. The lowest BCUT2D eigenvalue weighted by molar-refractivity contribution is -0.136. The minimum absolute atomic E-state index is 0.0865. The number of amides is 2. The SMILES string of the molecule is Cc1cc(C)cc(NC(=O)C(=O)NC[C@@H]2CCCN2S(=O)(=O)c2cc(C)ccc2C)c1. The van der Waals surface area contributed by atoms with E-state index in [1.165, 1.54) is 4.31 Å². The number of carbonyl (C=O) groups is 2. The van der Waals surface area contributed by atoms with Gasteiger partial charge in [-0.15, -0.1) is 0 Å². The van der Waals surface area contributed by atoms with Gasteiger partial charge < -0.3 is 10.6 Å². The van der Waals surface area contributed by atoms with Crippen molar-refractivity contribution in [1.29, 1.82) is 0 Å². The summed E-state index contributed by atoms with van der Waals surface area (Å²) in [5.74, 6) is -1.55. The summed E-state index contributed by atoms with van der Waals surface area (Å²) < 4.78 is 27.9. The molecule has 2 aromatic rings. The van der Waals surface area contributed by atoms with Gasteiger partial charge in [0.2, 0.25) is 10.0 Å². The highest BCUT2D eigenvalue weighted by Crippen LogP contribution is 2.28. The number of rotatable bonds is 5. The lowest BCUT2D eigenvalue weighted by Gasteiger charge is -2.25. The molecule has 1 aliphatic rings. The number of carbonyl (C=O) groups excluding carboxylic acids is 2. The van der Waals surface area contributed by atoms with Crippen molar-refractivity contribution in [3.63, 3.8) is 0 Å². The van der Waals surface area contributed by atoms with Crippen molar-refractivity contribution in [2.45, 2.75) is 51.5 Å². The van der Waals surface area contributed by atoms with Gasteiger partial charge in [-0.2, -0.15) is 4.31 Å². The minimum atomic E-state index is -3.69. The van der Waals surface area contributed by atoms with Crippen molar-refractivity contribution < 1.29 is 18.0 Å². The largest absolute Gasteiger partial charge is 0.346 e. The first-order valence-electron chi connectivity index (χ1n) is 10.3. The molecule has 2 aromatic carbocycles. The molecule has 1 aliphatic heterocycles. The van der Waals surface area contributed by atoms with Gasteiger partial charge in [-0.1, -0.05) is 18.2 Å². The van der Waals surface area contributed by atoms with Crippen LogP contribution < -0.4 is 10.6 Å². The van der Waals surface area contributed by atoms with E-state index >= 15 is 0 Å². The number of hydrogen-bond acceptors (Lipinski definition) is 4. The van der Waals surface area contributed by atoms with Gasteiger partial charge in [0, 0.05) is 24.8 Å². The maximum absolute atomic E-state index is 13.2. The molecule has 8 heteroatoms. The van der Waals surface area contributed by atoms with Gasteiger partial charge in [0.05, 0.1) is 4.90 Å². The molecular formula is C23H29N3O4S. The minimum Gasteiger partial charge on any atom is -0.346 e. The Morgan fingerprint density at radius 2 is 1.65 bits per heavy atom. The number of aryl methyl sites for hydroxylation is 4. The molecule has 2 N–H and O–H groups in total. The summed E-state index contributed by atoms with van der Waals surface area (Å²) in [4.78, 5) is 24.9. The molecule has 3 rings (SSSR count). The molecule has 1 fully saturated rings. The highest BCUT2D eigenvalue weighted by atomic mass is 32.2. The molecule has 1 saturated heterocycles. The summed E-state index contributed by atoms with van der Waals surface area (Å²) in [5, 5.41) is 5.19. The zero-order valence-electron chi connectivity index (χ0n) is 18.4. The van der Waals surface area contributed by atoms with E-state index in [0.29, 0.717) is 35.5 Å². The van der Waals surface area contributed by atoms with Gasteiger partial charge in [0.1, 0.15) is 0 Å². The fraction of sp³-hybridized carbons (Fsp3) is 0.391. The van der Waals surface area contributed by atoms with Crippen molar-refractivity contribution in [3.8, 4) is 0 Å². The zero-order chi connectivity index (χ0) is 22.8. The van der Waals surface area contributed by atoms with Crippen molar-refractivity contribution >= 4 is 27.5 Å². The third-order valence-electron chi connectivity index (χ3n) is 5.44. The van der Waals surface area contributed by atoms with Crippen LogP contribution in [0.2, 0.25) is 0 Å². The Kier molecular flexibility index (Phi) is 6.81. The van der Waals surface area contributed by atoms with Gasteiger partial charge >= 0.3 is 11.8 Å². The highest BCUT2D eigenvalue weighted by Gasteiger charge is 2.36. The fourth-order valence-corrected chi connectivity index (χ4v) is 5.97. The second-order valence-corrected chi connectivity index (χ2v) is 10.1. The predicted molar refractivity (Wildman–Crippen MR) is 120 cm³/mol. The van der Waals surface area contributed by atoms with Crippen LogP contribution >= 0.6 is 0 Å². The van der Waals surface area contributed by atoms with E-state index in [1.54, 1.807) is 31.2 Å². The maximum atomic E-state index is 13.2. The summed E-state index contributed by atoms with van der Waals surface area (Å²) in [5.41, 5.74) is 4.07. The quantitative estimate of drug-likeness (QED) is 0.695. The van der Waals surface area contributed by atoms with Crippen LogP contribution in [0.4, 0.5) is 5.69 Å². The van der Waals surface area contributed by atoms with Crippen molar-refractivity contribution in [1.82, 2.24) is 9.62 Å². The Balaban J connectivity index is 1.66. The summed E-state index contributed by atoms with van der Waals surface area (Å²) >= 11 is 0. The van der Waals surface area contributed by atoms with E-state index in [9.17, 15) is 18.0 Å². The molecule has 2 amide bonds. The molecule has 0 aromatic heterocycles. The molecular weight excluding hydrogens is 414 g/mol. The molecule has 0 bridgehead atoms. The summed E-state index contributed by atoms with van der Waals surface area (Å²) in [6.45, 7) is 7.93. The molecule has 1 atom stereocenters. The predicted octanol–water partition coefficient (Wildman–Crippen LogP) is 2.83. The Hall–Kier alpha value is -2.71. The lowest BCUT2D eigenvalue weighted by Crippen LogP contribution is -2.45. The topological polar surface area (TPSA) is 95.6 Å². The third kappa shape index (κ3) is 5.32. The molecule has 0 radical (unpaired) electrons. The second kappa shape index (κ2) is 9.20. The number of nitrogens with one attached hydrogen (secondary N) is 2. The average Bonchev–Trinajstić information content (AvgIpc) is 3.16. The van der Waals surface area contributed by atoms with Crippen LogP contribution in [0.15, 0.2) is 41.3 Å². The van der Waals surface area contributed by atoms with Crippen molar-refractivity contribution in [3.05, 3.63) is 58.7 Å². The van der Waals surface area contributed by atoms with Gasteiger partial charge in [-0.3, -0.25) is 9.59 Å². The monoisotopic (exact) mass is 443 g/mol. The number of anilines is 1. The molecule has 31 heavy (non-hydrogen) atoms. The first kappa shape index (κ1) is 23.0. The van der Waals surface area contributed by atoms with Crippen LogP contribution in [0.3, 0.4) is 0 Å². The van der Waals surface area contributed by atoms with E-state index in [0.717, 1.165) is 16.7 Å². The van der Waals surface area contributed by atoms with Gasteiger partial charge in [-0.05, 0) is 81.0 Å². The standard InChI is InChI=1S/C23H29N3O4S/c1-15-7-8-18(4)21(13-15)31(29,30)26-9-5-6-20(26)14-24-22(27)23(28)25-19-11-16(2)10-17(3)12-19/h7-8,10-13,20H,5-6,9,14H2,1-4H3,(H,24,27)(H,25,28)/t20-/m0/s1. The Bertz CT molecular complexity index is 1090.